The second-order valence-electron chi connectivity index (χ2n) is 10.2. The van der Waals surface area contributed by atoms with Gasteiger partial charge in [-0.2, -0.15) is 0 Å². The molecule has 1 aliphatic carbocycles. The van der Waals surface area contributed by atoms with Gasteiger partial charge in [0.2, 0.25) is 0 Å². The van der Waals surface area contributed by atoms with E-state index in [9.17, 15) is 14.0 Å². The number of fused-ring (bicyclic) bond motifs is 1. The van der Waals surface area contributed by atoms with Crippen LogP contribution in [0.5, 0.6) is 5.75 Å². The van der Waals surface area contributed by atoms with Crippen molar-refractivity contribution in [1.29, 1.82) is 0 Å². The molecule has 8 nitrogen and oxygen atoms in total. The van der Waals surface area contributed by atoms with Crippen molar-refractivity contribution in [2.45, 2.75) is 58.0 Å². The zero-order chi connectivity index (χ0) is 26.3. The summed E-state index contributed by atoms with van der Waals surface area (Å²) in [5, 5.41) is 7.31. The van der Waals surface area contributed by atoms with Gasteiger partial charge >= 0.3 is 0 Å². The van der Waals surface area contributed by atoms with Gasteiger partial charge in [0.25, 0.3) is 11.5 Å². The molecule has 2 aliphatic rings. The Morgan fingerprint density at radius 3 is 2.76 bits per heavy atom. The van der Waals surface area contributed by atoms with Crippen molar-refractivity contribution < 1.29 is 13.9 Å². The van der Waals surface area contributed by atoms with Crippen LogP contribution in [0.4, 0.5) is 10.1 Å². The predicted molar refractivity (Wildman–Crippen MR) is 142 cm³/mol. The summed E-state index contributed by atoms with van der Waals surface area (Å²) >= 11 is 0. The Morgan fingerprint density at radius 2 is 2.03 bits per heavy atom. The van der Waals surface area contributed by atoms with E-state index in [1.165, 1.54) is 13.2 Å². The quantitative estimate of drug-likeness (QED) is 0.468. The molecule has 1 aromatic carbocycles. The Balaban J connectivity index is 1.61. The molecule has 3 heterocycles. The monoisotopic (exact) mass is 507 g/mol. The summed E-state index contributed by atoms with van der Waals surface area (Å²) in [5.74, 6) is -0.506. The molecule has 196 valence electrons. The lowest BCUT2D eigenvalue weighted by molar-refractivity contribution is 0.0939. The molecule has 1 aliphatic heterocycles. The van der Waals surface area contributed by atoms with Gasteiger partial charge in [-0.25, -0.2) is 4.39 Å². The lowest BCUT2D eigenvalue weighted by atomic mass is 10.0. The standard InChI is InChI=1S/C28H34FN5O3/c1-15-9-11-34(12-10-30-15)26-20-13-16(2)31-24(18-5-6-18)25(20)33-28(36)23(26)27(35)32-17(3)19-7-8-21(29)22(14-19)37-4/h7-8,13-15,17-18,30H,5-6,9-12H2,1-4H3,(H,32,35)(H,33,36)/t15-,17-/m0/s1. The topological polar surface area (TPSA) is 99.3 Å². The van der Waals surface area contributed by atoms with Gasteiger partial charge in [-0.3, -0.25) is 14.6 Å². The molecule has 37 heavy (non-hydrogen) atoms. The van der Waals surface area contributed by atoms with Crippen LogP contribution in [-0.4, -0.2) is 48.7 Å². The summed E-state index contributed by atoms with van der Waals surface area (Å²) in [5.41, 5.74) is 3.50. The third-order valence-electron chi connectivity index (χ3n) is 7.37. The molecule has 0 spiro atoms. The van der Waals surface area contributed by atoms with Gasteiger partial charge in [0, 0.05) is 42.7 Å². The first-order valence-electron chi connectivity index (χ1n) is 13.0. The van der Waals surface area contributed by atoms with E-state index in [1.54, 1.807) is 19.1 Å². The number of hydrogen-bond donors (Lipinski definition) is 3. The smallest absolute Gasteiger partial charge is 0.263 e. The summed E-state index contributed by atoms with van der Waals surface area (Å²) in [7, 11) is 1.40. The maximum Gasteiger partial charge on any atom is 0.263 e. The minimum Gasteiger partial charge on any atom is -0.494 e. The van der Waals surface area contributed by atoms with E-state index in [0.29, 0.717) is 29.8 Å². The van der Waals surface area contributed by atoms with Gasteiger partial charge in [-0.1, -0.05) is 6.07 Å². The fraction of sp³-hybridized carbons (Fsp3) is 0.464. The van der Waals surface area contributed by atoms with Gasteiger partial charge < -0.3 is 25.3 Å². The molecule has 2 aromatic heterocycles. The number of carbonyl (C=O) groups excluding carboxylic acids is 1. The number of ether oxygens (including phenoxy) is 1. The SMILES string of the molecule is COc1cc([C@H](C)NC(=O)c2c(N3CCN[C@@H](C)CC3)c3cc(C)nc(C4CC4)c3[nH]c2=O)ccc1F. The van der Waals surface area contributed by atoms with Crippen molar-refractivity contribution in [3.05, 3.63) is 63.0 Å². The van der Waals surface area contributed by atoms with Crippen LogP contribution in [0.25, 0.3) is 10.9 Å². The highest BCUT2D eigenvalue weighted by Crippen LogP contribution is 2.43. The van der Waals surface area contributed by atoms with Crippen molar-refractivity contribution in [3.63, 3.8) is 0 Å². The first-order chi connectivity index (χ1) is 17.8. The number of aromatic nitrogens is 2. The Bertz CT molecular complexity index is 1400. The lowest BCUT2D eigenvalue weighted by Crippen LogP contribution is -2.37. The number of anilines is 1. The molecule has 1 amide bonds. The molecule has 0 unspecified atom stereocenters. The fourth-order valence-electron chi connectivity index (χ4n) is 5.16. The Hall–Kier alpha value is -3.46. The number of halogens is 1. The predicted octanol–water partition coefficient (Wildman–Crippen LogP) is 3.94. The normalized spacial score (nSPS) is 18.9. The number of aromatic amines is 1. The first kappa shape index (κ1) is 25.2. The van der Waals surface area contributed by atoms with Crippen LogP contribution in [0, 0.1) is 12.7 Å². The molecule has 1 saturated carbocycles. The summed E-state index contributed by atoms with van der Waals surface area (Å²) in [6.07, 6.45) is 2.99. The van der Waals surface area contributed by atoms with Crippen LogP contribution >= 0.6 is 0 Å². The maximum atomic E-state index is 13.9. The highest BCUT2D eigenvalue weighted by molar-refractivity contribution is 6.08. The van der Waals surface area contributed by atoms with E-state index < -0.39 is 23.3 Å². The molecule has 0 radical (unpaired) electrons. The molecule has 3 aromatic rings. The zero-order valence-electron chi connectivity index (χ0n) is 21.8. The number of nitrogens with zero attached hydrogens (tertiary/aromatic N) is 2. The number of rotatable bonds is 6. The summed E-state index contributed by atoms with van der Waals surface area (Å²) in [6, 6.07) is 6.31. The average Bonchev–Trinajstić information content (AvgIpc) is 3.72. The van der Waals surface area contributed by atoms with Crippen molar-refractivity contribution in [1.82, 2.24) is 20.6 Å². The molecule has 3 N–H and O–H groups in total. The summed E-state index contributed by atoms with van der Waals surface area (Å²) in [4.78, 5) is 37.3. The number of H-pyrrole nitrogens is 1. The van der Waals surface area contributed by atoms with Crippen molar-refractivity contribution in [2.75, 3.05) is 31.6 Å². The van der Waals surface area contributed by atoms with Crippen LogP contribution in [0.15, 0.2) is 29.1 Å². The van der Waals surface area contributed by atoms with Crippen LogP contribution in [0.1, 0.15) is 72.4 Å². The zero-order valence-corrected chi connectivity index (χ0v) is 21.8. The van der Waals surface area contributed by atoms with E-state index in [4.69, 9.17) is 9.72 Å². The van der Waals surface area contributed by atoms with E-state index in [2.05, 4.69) is 27.4 Å². The number of amides is 1. The number of aryl methyl sites for hydroxylation is 1. The molecule has 2 fully saturated rings. The second kappa shape index (κ2) is 10.1. The van der Waals surface area contributed by atoms with Crippen LogP contribution in [0.2, 0.25) is 0 Å². The number of nitrogens with one attached hydrogen (secondary N) is 3. The minimum absolute atomic E-state index is 0.0929. The first-order valence-corrected chi connectivity index (χ1v) is 13.0. The highest BCUT2D eigenvalue weighted by atomic mass is 19.1. The Morgan fingerprint density at radius 1 is 1.24 bits per heavy atom. The van der Waals surface area contributed by atoms with E-state index in [0.717, 1.165) is 54.6 Å². The molecule has 2 atom stereocenters. The van der Waals surface area contributed by atoms with E-state index in [1.807, 2.05) is 13.0 Å². The number of benzene rings is 1. The number of methoxy groups -OCH3 is 1. The maximum absolute atomic E-state index is 13.9. The number of hydrogen-bond acceptors (Lipinski definition) is 6. The third kappa shape index (κ3) is 5.05. The van der Waals surface area contributed by atoms with E-state index in [-0.39, 0.29) is 11.3 Å². The lowest BCUT2D eigenvalue weighted by Gasteiger charge is -2.27. The summed E-state index contributed by atoms with van der Waals surface area (Å²) in [6.45, 7) is 8.05. The fourth-order valence-corrected chi connectivity index (χ4v) is 5.16. The Kier molecular flexibility index (Phi) is 6.90. The third-order valence-corrected chi connectivity index (χ3v) is 7.37. The number of pyridine rings is 2. The van der Waals surface area contributed by atoms with E-state index >= 15 is 0 Å². The van der Waals surface area contributed by atoms with Crippen molar-refractivity contribution in [2.24, 2.45) is 0 Å². The van der Waals surface area contributed by atoms with Crippen molar-refractivity contribution >= 4 is 22.5 Å². The average molecular weight is 508 g/mol. The van der Waals surface area contributed by atoms with Crippen LogP contribution in [-0.2, 0) is 0 Å². The van der Waals surface area contributed by atoms with Crippen LogP contribution < -0.4 is 25.8 Å². The number of carbonyl (C=O) groups is 1. The minimum atomic E-state index is -0.475. The van der Waals surface area contributed by atoms with Crippen molar-refractivity contribution in [3.8, 4) is 5.75 Å². The molecule has 9 heteroatoms. The van der Waals surface area contributed by atoms with Gasteiger partial charge in [0.15, 0.2) is 11.6 Å². The molecule has 0 bridgehead atoms. The van der Waals surface area contributed by atoms with Crippen LogP contribution in [0.3, 0.4) is 0 Å². The van der Waals surface area contributed by atoms with Gasteiger partial charge in [0.05, 0.1) is 30.0 Å². The van der Waals surface area contributed by atoms with Gasteiger partial charge in [0.1, 0.15) is 5.56 Å². The Labute approximate surface area is 215 Å². The summed E-state index contributed by atoms with van der Waals surface area (Å²) < 4.78 is 19.0. The molecular formula is C28H34FN5O3. The molecule has 1 saturated heterocycles. The largest absolute Gasteiger partial charge is 0.494 e. The molecule has 5 rings (SSSR count). The molecular weight excluding hydrogens is 473 g/mol. The second-order valence-corrected chi connectivity index (χ2v) is 10.2. The highest BCUT2D eigenvalue weighted by Gasteiger charge is 2.32. The van der Waals surface area contributed by atoms with Gasteiger partial charge in [-0.05, 0) is 63.8 Å². The van der Waals surface area contributed by atoms with Gasteiger partial charge in [-0.15, -0.1) is 0 Å².